The van der Waals surface area contributed by atoms with Gasteiger partial charge in [-0.2, -0.15) is 0 Å². The molecule has 1 fully saturated rings. The summed E-state index contributed by atoms with van der Waals surface area (Å²) < 4.78 is 13.2. The van der Waals surface area contributed by atoms with E-state index in [1.54, 1.807) is 0 Å². The maximum absolute atomic E-state index is 13.2. The van der Waals surface area contributed by atoms with Crippen molar-refractivity contribution in [3.05, 3.63) is 65.5 Å². The number of nitrogens with zero attached hydrogens (tertiary/aromatic N) is 1. The van der Waals surface area contributed by atoms with Gasteiger partial charge in [0.2, 0.25) is 0 Å². The van der Waals surface area contributed by atoms with E-state index < -0.39 is 0 Å². The first-order chi connectivity index (χ1) is 11.8. The number of alkyl halides is 1. The zero-order valence-electron chi connectivity index (χ0n) is 13.8. The Balaban J connectivity index is 1.75. The van der Waals surface area contributed by atoms with E-state index in [0.717, 1.165) is 55.9 Å². The molecule has 0 unspecified atom stereocenters. The molecule has 1 saturated heterocycles. The second kappa shape index (κ2) is 8.46. The predicted octanol–water partition coefficient (Wildman–Crippen LogP) is 5.60. The van der Waals surface area contributed by atoms with Gasteiger partial charge in [0.15, 0.2) is 0 Å². The van der Waals surface area contributed by atoms with Crippen molar-refractivity contribution < 1.29 is 4.39 Å². The predicted molar refractivity (Wildman–Crippen MR) is 101 cm³/mol. The molecule has 0 amide bonds. The van der Waals surface area contributed by atoms with E-state index in [1.165, 1.54) is 23.3 Å². The smallest absolute Gasteiger partial charge is 0.123 e. The van der Waals surface area contributed by atoms with Gasteiger partial charge < -0.3 is 4.90 Å². The monoisotopic (exact) mass is 343 g/mol. The Morgan fingerprint density at radius 3 is 2.42 bits per heavy atom. The molecule has 2 aromatic carbocycles. The highest BCUT2D eigenvalue weighted by atomic mass is 35.5. The van der Waals surface area contributed by atoms with Crippen LogP contribution in [0.1, 0.15) is 24.8 Å². The summed E-state index contributed by atoms with van der Waals surface area (Å²) in [7, 11) is 0. The molecule has 1 aliphatic rings. The topological polar surface area (TPSA) is 3.24 Å². The number of halogens is 2. The van der Waals surface area contributed by atoms with E-state index in [0.29, 0.717) is 0 Å². The van der Waals surface area contributed by atoms with Crippen LogP contribution in [0.3, 0.4) is 0 Å². The van der Waals surface area contributed by atoms with Crippen LogP contribution in [0.4, 0.5) is 4.39 Å². The normalized spacial score (nSPS) is 15.5. The maximum atomic E-state index is 13.2. The fraction of sp³-hybridized carbons (Fsp3) is 0.333. The molecule has 0 N–H and O–H groups in total. The van der Waals surface area contributed by atoms with E-state index in [-0.39, 0.29) is 5.82 Å². The van der Waals surface area contributed by atoms with Gasteiger partial charge in [-0.3, -0.25) is 0 Å². The molecule has 0 atom stereocenters. The van der Waals surface area contributed by atoms with Gasteiger partial charge in [-0.1, -0.05) is 48.0 Å². The SMILES string of the molecule is Fc1ccc(-c2ccccc2C=C2CCN(CCCCl)CC2)cc1. The Morgan fingerprint density at radius 1 is 1.00 bits per heavy atom. The van der Waals surface area contributed by atoms with Crippen molar-refractivity contribution >= 4 is 17.7 Å². The average molecular weight is 344 g/mol. The molecule has 0 bridgehead atoms. The Kier molecular flexibility index (Phi) is 6.06. The average Bonchev–Trinajstić information content (AvgIpc) is 2.62. The molecule has 126 valence electrons. The van der Waals surface area contributed by atoms with E-state index in [1.807, 2.05) is 18.2 Å². The minimum atomic E-state index is -0.195. The van der Waals surface area contributed by atoms with Crippen molar-refractivity contribution in [3.8, 4) is 11.1 Å². The highest BCUT2D eigenvalue weighted by Crippen LogP contribution is 2.28. The van der Waals surface area contributed by atoms with E-state index >= 15 is 0 Å². The van der Waals surface area contributed by atoms with Crippen molar-refractivity contribution in [2.75, 3.05) is 25.5 Å². The highest BCUT2D eigenvalue weighted by Gasteiger charge is 2.14. The first-order valence-corrected chi connectivity index (χ1v) is 9.12. The lowest BCUT2D eigenvalue weighted by Crippen LogP contribution is -2.31. The molecule has 1 heterocycles. The molecule has 24 heavy (non-hydrogen) atoms. The van der Waals surface area contributed by atoms with Crippen LogP contribution in [0.15, 0.2) is 54.1 Å². The standard InChI is InChI=1S/C21H23ClFN/c22-12-3-13-24-14-10-17(11-15-24)16-19-4-1-2-5-21(19)18-6-8-20(23)9-7-18/h1-2,4-9,16H,3,10-15H2. The third-order valence-corrected chi connectivity index (χ3v) is 4.85. The van der Waals surface area contributed by atoms with Gasteiger partial charge >= 0.3 is 0 Å². The fourth-order valence-corrected chi connectivity index (χ4v) is 3.35. The number of rotatable bonds is 5. The van der Waals surface area contributed by atoms with Crippen LogP contribution in [0.25, 0.3) is 17.2 Å². The zero-order valence-corrected chi connectivity index (χ0v) is 14.6. The Bertz CT molecular complexity index is 683. The molecule has 0 aromatic heterocycles. The molecular weight excluding hydrogens is 321 g/mol. The molecule has 2 aromatic rings. The summed E-state index contributed by atoms with van der Waals surface area (Å²) in [6.07, 6.45) is 5.60. The first kappa shape index (κ1) is 17.2. The fourth-order valence-electron chi connectivity index (χ4n) is 3.23. The summed E-state index contributed by atoms with van der Waals surface area (Å²) in [5.41, 5.74) is 4.93. The summed E-state index contributed by atoms with van der Waals surface area (Å²) in [4.78, 5) is 2.49. The largest absolute Gasteiger partial charge is 0.303 e. The van der Waals surface area contributed by atoms with Crippen LogP contribution in [0.2, 0.25) is 0 Å². The molecule has 1 aliphatic heterocycles. The van der Waals surface area contributed by atoms with Gasteiger partial charge in [0, 0.05) is 19.0 Å². The van der Waals surface area contributed by atoms with Crippen LogP contribution < -0.4 is 0 Å². The van der Waals surface area contributed by atoms with Gasteiger partial charge in [-0.25, -0.2) is 4.39 Å². The minimum absolute atomic E-state index is 0.195. The number of hydrogen-bond acceptors (Lipinski definition) is 1. The lowest BCUT2D eigenvalue weighted by Gasteiger charge is -2.28. The van der Waals surface area contributed by atoms with Gasteiger partial charge in [-0.05, 0) is 54.6 Å². The number of likely N-dealkylation sites (tertiary alicyclic amines) is 1. The molecule has 0 radical (unpaired) electrons. The Labute approximate surface area is 148 Å². The van der Waals surface area contributed by atoms with Gasteiger partial charge in [0.25, 0.3) is 0 Å². The minimum Gasteiger partial charge on any atom is -0.303 e. The van der Waals surface area contributed by atoms with Gasteiger partial charge in [-0.15, -0.1) is 11.6 Å². The maximum Gasteiger partial charge on any atom is 0.123 e. The Morgan fingerprint density at radius 2 is 1.71 bits per heavy atom. The third-order valence-electron chi connectivity index (χ3n) is 4.58. The van der Waals surface area contributed by atoms with Gasteiger partial charge in [0.05, 0.1) is 0 Å². The summed E-state index contributed by atoms with van der Waals surface area (Å²) in [6, 6.07) is 15.1. The molecule has 0 aliphatic carbocycles. The summed E-state index contributed by atoms with van der Waals surface area (Å²) in [5.74, 6) is 0.545. The highest BCUT2D eigenvalue weighted by molar-refractivity contribution is 6.17. The van der Waals surface area contributed by atoms with E-state index in [9.17, 15) is 4.39 Å². The molecular formula is C21H23ClFN. The quantitative estimate of drug-likeness (QED) is 0.638. The van der Waals surface area contributed by atoms with Crippen molar-refractivity contribution in [1.82, 2.24) is 4.90 Å². The molecule has 0 saturated carbocycles. The third kappa shape index (κ3) is 4.46. The van der Waals surface area contributed by atoms with Crippen molar-refractivity contribution in [3.63, 3.8) is 0 Å². The lowest BCUT2D eigenvalue weighted by atomic mass is 9.95. The number of benzene rings is 2. The van der Waals surface area contributed by atoms with Crippen LogP contribution in [-0.2, 0) is 0 Å². The van der Waals surface area contributed by atoms with Gasteiger partial charge in [0.1, 0.15) is 5.82 Å². The van der Waals surface area contributed by atoms with E-state index in [4.69, 9.17) is 11.6 Å². The lowest BCUT2D eigenvalue weighted by molar-refractivity contribution is 0.258. The zero-order chi connectivity index (χ0) is 16.8. The van der Waals surface area contributed by atoms with Crippen LogP contribution in [0, 0.1) is 5.82 Å². The second-order valence-corrected chi connectivity index (χ2v) is 6.66. The number of hydrogen-bond donors (Lipinski definition) is 0. The van der Waals surface area contributed by atoms with Crippen molar-refractivity contribution in [2.45, 2.75) is 19.3 Å². The van der Waals surface area contributed by atoms with Crippen LogP contribution >= 0.6 is 11.6 Å². The second-order valence-electron chi connectivity index (χ2n) is 6.28. The molecule has 0 spiro atoms. The first-order valence-electron chi connectivity index (χ1n) is 8.59. The molecule has 1 nitrogen and oxygen atoms in total. The number of piperidine rings is 1. The van der Waals surface area contributed by atoms with Crippen molar-refractivity contribution in [1.29, 1.82) is 0 Å². The summed E-state index contributed by atoms with van der Waals surface area (Å²) in [6.45, 7) is 3.33. The molecule has 3 heteroatoms. The summed E-state index contributed by atoms with van der Waals surface area (Å²) in [5, 5.41) is 0. The van der Waals surface area contributed by atoms with E-state index in [2.05, 4.69) is 29.2 Å². The molecule has 3 rings (SSSR count). The van der Waals surface area contributed by atoms with Crippen LogP contribution in [-0.4, -0.2) is 30.4 Å². The van der Waals surface area contributed by atoms with Crippen LogP contribution in [0.5, 0.6) is 0 Å². The Hall–Kier alpha value is -1.64. The summed E-state index contributed by atoms with van der Waals surface area (Å²) >= 11 is 5.78. The van der Waals surface area contributed by atoms with Crippen molar-refractivity contribution in [2.24, 2.45) is 0 Å².